The molecule has 1 aromatic heterocycles. The minimum Gasteiger partial charge on any atom is -0.234 e. The average Bonchev–Trinajstić information content (AvgIpc) is 3.17. The molecule has 0 N–H and O–H groups in total. The van der Waals surface area contributed by atoms with Crippen molar-refractivity contribution in [1.82, 2.24) is 4.57 Å². The Morgan fingerprint density at radius 1 is 0.548 bits per heavy atom. The minimum atomic E-state index is 1.20. The predicted octanol–water partition coefficient (Wildman–Crippen LogP) is 9.18. The van der Waals surface area contributed by atoms with Crippen LogP contribution in [0.4, 0.5) is 0 Å². The maximum absolute atomic E-state index is 2.58. The molecule has 0 unspecified atom stereocenters. The fourth-order valence-electron chi connectivity index (χ4n) is 4.71. The molecule has 0 amide bonds. The van der Waals surface area contributed by atoms with E-state index in [1.807, 2.05) is 0 Å². The number of hydrogen-bond acceptors (Lipinski definition) is 0. The summed E-state index contributed by atoms with van der Waals surface area (Å²) in [6.45, 7) is 9.34. The summed E-state index contributed by atoms with van der Waals surface area (Å²) in [5.41, 5.74) is 0. The first-order chi connectivity index (χ1) is 15.3. The van der Waals surface area contributed by atoms with Gasteiger partial charge in [-0.25, -0.2) is 9.13 Å². The number of unbranched alkanes of at least 4 members (excludes halogenated alkanes) is 17. The number of nitrogens with zero attached hydrogens (tertiary/aromatic N) is 2. The van der Waals surface area contributed by atoms with Crippen LogP contribution < -0.4 is 4.57 Å². The fourth-order valence-corrected chi connectivity index (χ4v) is 4.71. The van der Waals surface area contributed by atoms with Gasteiger partial charge in [-0.2, -0.15) is 0 Å². The zero-order valence-corrected chi connectivity index (χ0v) is 21.8. The molecule has 1 rings (SSSR count). The van der Waals surface area contributed by atoms with Gasteiger partial charge in [0.2, 0.25) is 0 Å². The highest BCUT2D eigenvalue weighted by Gasteiger charge is 2.16. The number of aromatic nitrogens is 2. The van der Waals surface area contributed by atoms with E-state index >= 15 is 0 Å². The minimum absolute atomic E-state index is 1.20. The van der Waals surface area contributed by atoms with Gasteiger partial charge in [0.05, 0.1) is 13.1 Å². The molecule has 0 saturated carbocycles. The predicted molar refractivity (Wildman–Crippen MR) is 138 cm³/mol. The summed E-state index contributed by atoms with van der Waals surface area (Å²) in [7, 11) is 0. The first-order valence-electron chi connectivity index (χ1n) is 14.4. The lowest BCUT2D eigenvalue weighted by Crippen LogP contribution is -2.37. The molecular formula is C29H57N2+. The van der Waals surface area contributed by atoms with E-state index in [4.69, 9.17) is 0 Å². The van der Waals surface area contributed by atoms with Crippen LogP contribution in [-0.2, 0) is 19.5 Å². The SMILES string of the molecule is CCCCCCCCCCCCCCn1cc[n+](CCCC)c1CCCCCCCC. The molecule has 1 aromatic rings. The van der Waals surface area contributed by atoms with E-state index in [0.29, 0.717) is 0 Å². The van der Waals surface area contributed by atoms with E-state index in [-0.39, 0.29) is 0 Å². The van der Waals surface area contributed by atoms with E-state index in [9.17, 15) is 0 Å². The molecule has 0 spiro atoms. The lowest BCUT2D eigenvalue weighted by Gasteiger charge is -2.06. The Kier molecular flexibility index (Phi) is 19.2. The Balaban J connectivity index is 2.20. The fraction of sp³-hybridized carbons (Fsp3) is 0.897. The van der Waals surface area contributed by atoms with Crippen molar-refractivity contribution in [3.05, 3.63) is 18.2 Å². The molecule has 0 bridgehead atoms. The first kappa shape index (κ1) is 28.2. The van der Waals surface area contributed by atoms with Gasteiger partial charge in [-0.05, 0) is 25.7 Å². The maximum Gasteiger partial charge on any atom is 0.256 e. The monoisotopic (exact) mass is 433 g/mol. The van der Waals surface area contributed by atoms with Gasteiger partial charge in [0, 0.05) is 6.42 Å². The first-order valence-corrected chi connectivity index (χ1v) is 14.4. The topological polar surface area (TPSA) is 8.81 Å². The van der Waals surface area contributed by atoms with Crippen molar-refractivity contribution in [3.63, 3.8) is 0 Å². The van der Waals surface area contributed by atoms with Crippen molar-refractivity contribution in [3.8, 4) is 0 Å². The molecule has 0 aliphatic heterocycles. The van der Waals surface area contributed by atoms with E-state index in [1.165, 1.54) is 148 Å². The van der Waals surface area contributed by atoms with Crippen molar-refractivity contribution < 1.29 is 4.57 Å². The Morgan fingerprint density at radius 3 is 1.52 bits per heavy atom. The Hall–Kier alpha value is -0.790. The third-order valence-corrected chi connectivity index (χ3v) is 6.85. The van der Waals surface area contributed by atoms with Crippen molar-refractivity contribution in [2.45, 2.75) is 169 Å². The molecule has 31 heavy (non-hydrogen) atoms. The van der Waals surface area contributed by atoms with Gasteiger partial charge in [-0.15, -0.1) is 0 Å². The van der Waals surface area contributed by atoms with E-state index in [2.05, 4.69) is 42.3 Å². The zero-order valence-electron chi connectivity index (χ0n) is 21.8. The van der Waals surface area contributed by atoms with Gasteiger partial charge in [0.1, 0.15) is 12.4 Å². The zero-order chi connectivity index (χ0) is 22.4. The van der Waals surface area contributed by atoms with Gasteiger partial charge < -0.3 is 0 Å². The van der Waals surface area contributed by atoms with Crippen molar-refractivity contribution in [2.24, 2.45) is 0 Å². The highest BCUT2D eigenvalue weighted by atomic mass is 15.1. The second kappa shape index (κ2) is 21.1. The molecule has 0 saturated heterocycles. The van der Waals surface area contributed by atoms with Gasteiger partial charge in [-0.1, -0.05) is 124 Å². The molecule has 0 fully saturated rings. The van der Waals surface area contributed by atoms with Gasteiger partial charge in [-0.3, -0.25) is 0 Å². The van der Waals surface area contributed by atoms with Crippen LogP contribution in [-0.4, -0.2) is 4.57 Å². The molecule has 2 nitrogen and oxygen atoms in total. The second-order valence-electron chi connectivity index (χ2n) is 9.86. The van der Waals surface area contributed by atoms with Gasteiger partial charge in [0.15, 0.2) is 0 Å². The molecule has 1 heterocycles. The summed E-state index contributed by atoms with van der Waals surface area (Å²) >= 11 is 0. The van der Waals surface area contributed by atoms with Crippen LogP contribution in [0.1, 0.15) is 155 Å². The largest absolute Gasteiger partial charge is 0.256 e. The Morgan fingerprint density at radius 2 is 1.00 bits per heavy atom. The lowest BCUT2D eigenvalue weighted by molar-refractivity contribution is -0.704. The van der Waals surface area contributed by atoms with Crippen molar-refractivity contribution >= 4 is 0 Å². The van der Waals surface area contributed by atoms with Crippen LogP contribution in [0.3, 0.4) is 0 Å². The quantitative estimate of drug-likeness (QED) is 0.120. The summed E-state index contributed by atoms with van der Waals surface area (Å²) in [5, 5.41) is 0. The molecular weight excluding hydrogens is 376 g/mol. The average molecular weight is 434 g/mol. The van der Waals surface area contributed by atoms with Gasteiger partial charge in [0.25, 0.3) is 5.82 Å². The number of imidazole rings is 1. The highest BCUT2D eigenvalue weighted by molar-refractivity contribution is 4.84. The lowest BCUT2D eigenvalue weighted by atomic mass is 10.1. The van der Waals surface area contributed by atoms with Crippen LogP contribution in [0.5, 0.6) is 0 Å². The van der Waals surface area contributed by atoms with E-state index in [1.54, 1.807) is 5.82 Å². The van der Waals surface area contributed by atoms with E-state index in [0.717, 1.165) is 0 Å². The smallest absolute Gasteiger partial charge is 0.234 e. The summed E-state index contributed by atoms with van der Waals surface area (Å²) in [6.07, 6.45) is 34.1. The van der Waals surface area contributed by atoms with Crippen LogP contribution in [0.25, 0.3) is 0 Å². The normalized spacial score (nSPS) is 11.5. The number of aryl methyl sites for hydroxylation is 2. The third-order valence-electron chi connectivity index (χ3n) is 6.85. The van der Waals surface area contributed by atoms with Crippen LogP contribution in [0.2, 0.25) is 0 Å². The third kappa shape index (κ3) is 14.8. The molecule has 182 valence electrons. The summed E-state index contributed by atoms with van der Waals surface area (Å²) < 4.78 is 5.13. The molecule has 0 aromatic carbocycles. The Labute approximate surface area is 196 Å². The van der Waals surface area contributed by atoms with E-state index < -0.39 is 0 Å². The molecule has 0 aliphatic carbocycles. The van der Waals surface area contributed by atoms with Crippen molar-refractivity contribution in [2.75, 3.05) is 0 Å². The molecule has 2 heteroatoms. The van der Waals surface area contributed by atoms with Crippen LogP contribution in [0, 0.1) is 0 Å². The summed E-state index contributed by atoms with van der Waals surface area (Å²) in [5.74, 6) is 1.59. The second-order valence-corrected chi connectivity index (χ2v) is 9.86. The maximum atomic E-state index is 2.58. The van der Waals surface area contributed by atoms with Crippen LogP contribution >= 0.6 is 0 Å². The summed E-state index contributed by atoms with van der Waals surface area (Å²) in [6, 6.07) is 0. The molecule has 0 atom stereocenters. The van der Waals surface area contributed by atoms with Crippen molar-refractivity contribution in [1.29, 1.82) is 0 Å². The Bertz CT molecular complexity index is 491. The number of hydrogen-bond donors (Lipinski definition) is 0. The standard InChI is InChI=1S/C29H57N2/c1-4-7-10-12-14-15-16-17-18-19-21-23-26-31-28-27-30(25-9-6-3)29(31)24-22-20-13-11-8-5-2/h27-28H,4-26H2,1-3H3/q+1. The van der Waals surface area contributed by atoms with Crippen LogP contribution in [0.15, 0.2) is 12.4 Å². The summed E-state index contributed by atoms with van der Waals surface area (Å²) in [4.78, 5) is 0. The molecule has 0 radical (unpaired) electrons. The molecule has 0 aliphatic rings. The van der Waals surface area contributed by atoms with Gasteiger partial charge >= 0.3 is 0 Å². The highest BCUT2D eigenvalue weighted by Crippen LogP contribution is 2.13. The number of rotatable bonds is 23.